The number of amides is 2. The van der Waals surface area contributed by atoms with E-state index in [0.717, 1.165) is 39.3 Å². The smallest absolute Gasteiger partial charge is 0.317 e. The minimum absolute atomic E-state index is 0.0221. The topological polar surface area (TPSA) is 54.0 Å². The molecule has 110 valence electrons. The van der Waals surface area contributed by atoms with E-state index in [-0.39, 0.29) is 6.03 Å². The highest BCUT2D eigenvalue weighted by atomic mass is 16.5. The van der Waals surface area contributed by atoms with E-state index in [1.807, 2.05) is 4.90 Å². The maximum atomic E-state index is 11.8. The summed E-state index contributed by atoms with van der Waals surface area (Å²) >= 11 is 0. The van der Waals surface area contributed by atoms with Gasteiger partial charge in [-0.3, -0.25) is 4.90 Å². The van der Waals surface area contributed by atoms with Gasteiger partial charge in [0.15, 0.2) is 0 Å². The first-order valence-corrected chi connectivity index (χ1v) is 7.15. The Labute approximate surface area is 115 Å². The molecule has 2 amide bonds. The van der Waals surface area contributed by atoms with Crippen LogP contribution in [0.3, 0.4) is 0 Å². The van der Waals surface area contributed by atoms with E-state index in [0.29, 0.717) is 19.3 Å². The number of piperazine rings is 1. The largest absolute Gasteiger partial charge is 0.383 e. The summed E-state index contributed by atoms with van der Waals surface area (Å²) in [5, 5.41) is 2.86. The summed E-state index contributed by atoms with van der Waals surface area (Å²) in [6, 6.07) is 0.0221. The van der Waals surface area contributed by atoms with Gasteiger partial charge in [0.2, 0.25) is 0 Å². The molecule has 19 heavy (non-hydrogen) atoms. The van der Waals surface area contributed by atoms with Crippen molar-refractivity contribution in [2.24, 2.45) is 0 Å². The van der Waals surface area contributed by atoms with Crippen molar-refractivity contribution in [2.45, 2.75) is 18.9 Å². The van der Waals surface area contributed by atoms with Crippen LogP contribution in [0.2, 0.25) is 0 Å². The fraction of sp³-hybridized carbons (Fsp3) is 0.923. The molecule has 1 N–H and O–H groups in total. The van der Waals surface area contributed by atoms with Crippen molar-refractivity contribution in [2.75, 3.05) is 59.6 Å². The molecule has 0 aromatic carbocycles. The van der Waals surface area contributed by atoms with Gasteiger partial charge in [0.1, 0.15) is 0 Å². The Morgan fingerprint density at radius 2 is 2.16 bits per heavy atom. The summed E-state index contributed by atoms with van der Waals surface area (Å²) < 4.78 is 10.6. The molecular weight excluding hydrogens is 246 g/mol. The fourth-order valence-electron chi connectivity index (χ4n) is 2.58. The zero-order valence-electron chi connectivity index (χ0n) is 11.8. The SMILES string of the molecule is COCCNC(=O)N1CCN(CC2CCCO2)CC1. The fourth-order valence-corrected chi connectivity index (χ4v) is 2.58. The Morgan fingerprint density at radius 3 is 2.79 bits per heavy atom. The third-order valence-corrected chi connectivity index (χ3v) is 3.73. The third kappa shape index (κ3) is 4.63. The van der Waals surface area contributed by atoms with Gasteiger partial charge in [0, 0.05) is 53.0 Å². The monoisotopic (exact) mass is 271 g/mol. The Balaban J connectivity index is 1.62. The van der Waals surface area contributed by atoms with Gasteiger partial charge in [0.25, 0.3) is 0 Å². The van der Waals surface area contributed by atoms with Crippen LogP contribution < -0.4 is 5.32 Å². The predicted octanol–water partition coefficient (Wildman–Crippen LogP) is 0.139. The predicted molar refractivity (Wildman–Crippen MR) is 72.3 cm³/mol. The van der Waals surface area contributed by atoms with Gasteiger partial charge in [-0.2, -0.15) is 0 Å². The van der Waals surface area contributed by atoms with Gasteiger partial charge in [-0.1, -0.05) is 0 Å². The molecular formula is C13H25N3O3. The number of nitrogens with one attached hydrogen (secondary N) is 1. The molecule has 6 nitrogen and oxygen atoms in total. The van der Waals surface area contributed by atoms with Crippen molar-refractivity contribution >= 4 is 6.03 Å². The number of hydrogen-bond donors (Lipinski definition) is 1. The number of urea groups is 1. The van der Waals surface area contributed by atoms with Gasteiger partial charge in [-0.05, 0) is 12.8 Å². The summed E-state index contributed by atoms with van der Waals surface area (Å²) in [4.78, 5) is 16.1. The Morgan fingerprint density at radius 1 is 1.37 bits per heavy atom. The first-order chi connectivity index (χ1) is 9.29. The van der Waals surface area contributed by atoms with Crippen LogP contribution in [-0.2, 0) is 9.47 Å². The molecule has 2 aliphatic rings. The van der Waals surface area contributed by atoms with Crippen LogP contribution in [0.25, 0.3) is 0 Å². The van der Waals surface area contributed by atoms with E-state index in [1.54, 1.807) is 7.11 Å². The number of carbonyl (C=O) groups excluding carboxylic acids is 1. The number of nitrogens with zero attached hydrogens (tertiary/aromatic N) is 2. The quantitative estimate of drug-likeness (QED) is 0.723. The zero-order valence-corrected chi connectivity index (χ0v) is 11.8. The van der Waals surface area contributed by atoms with Crippen LogP contribution in [-0.4, -0.2) is 81.5 Å². The molecule has 2 aliphatic heterocycles. The molecule has 2 heterocycles. The molecule has 0 bridgehead atoms. The minimum Gasteiger partial charge on any atom is -0.383 e. The summed E-state index contributed by atoms with van der Waals surface area (Å²) in [6.07, 6.45) is 2.77. The second kappa shape index (κ2) is 7.67. The highest BCUT2D eigenvalue weighted by molar-refractivity contribution is 5.74. The number of rotatable bonds is 5. The molecule has 2 fully saturated rings. The maximum absolute atomic E-state index is 11.8. The molecule has 0 aromatic rings. The normalized spacial score (nSPS) is 24.7. The molecule has 2 rings (SSSR count). The first-order valence-electron chi connectivity index (χ1n) is 7.15. The lowest BCUT2D eigenvalue weighted by Gasteiger charge is -2.35. The summed E-state index contributed by atoms with van der Waals surface area (Å²) in [6.45, 7) is 6.54. The summed E-state index contributed by atoms with van der Waals surface area (Å²) in [7, 11) is 1.63. The van der Waals surface area contributed by atoms with Crippen LogP contribution in [0.5, 0.6) is 0 Å². The standard InChI is InChI=1S/C13H25N3O3/c1-18-10-4-14-13(17)16-7-5-15(6-8-16)11-12-3-2-9-19-12/h12H,2-11H2,1H3,(H,14,17). The first kappa shape index (κ1) is 14.6. The van der Waals surface area contributed by atoms with Crippen molar-refractivity contribution in [3.8, 4) is 0 Å². The van der Waals surface area contributed by atoms with Gasteiger partial charge in [0.05, 0.1) is 12.7 Å². The van der Waals surface area contributed by atoms with E-state index in [4.69, 9.17) is 9.47 Å². The van der Waals surface area contributed by atoms with Crippen LogP contribution in [0.1, 0.15) is 12.8 Å². The maximum Gasteiger partial charge on any atom is 0.317 e. The van der Waals surface area contributed by atoms with Crippen molar-refractivity contribution in [1.29, 1.82) is 0 Å². The Bertz CT molecular complexity index is 274. The van der Waals surface area contributed by atoms with Gasteiger partial charge < -0.3 is 19.7 Å². The molecule has 0 spiro atoms. The van der Waals surface area contributed by atoms with Crippen molar-refractivity contribution in [3.05, 3.63) is 0 Å². The highest BCUT2D eigenvalue weighted by Gasteiger charge is 2.24. The van der Waals surface area contributed by atoms with E-state index < -0.39 is 0 Å². The Hall–Kier alpha value is -0.850. The van der Waals surface area contributed by atoms with Gasteiger partial charge >= 0.3 is 6.03 Å². The average Bonchev–Trinajstić information content (AvgIpc) is 2.93. The third-order valence-electron chi connectivity index (χ3n) is 3.73. The molecule has 0 saturated carbocycles. The highest BCUT2D eigenvalue weighted by Crippen LogP contribution is 2.14. The molecule has 0 aliphatic carbocycles. The molecule has 1 unspecified atom stereocenters. The van der Waals surface area contributed by atoms with Gasteiger partial charge in [-0.25, -0.2) is 4.79 Å². The second-order valence-electron chi connectivity index (χ2n) is 5.15. The number of methoxy groups -OCH3 is 1. The van der Waals surface area contributed by atoms with Crippen LogP contribution >= 0.6 is 0 Å². The molecule has 2 saturated heterocycles. The minimum atomic E-state index is 0.0221. The second-order valence-corrected chi connectivity index (χ2v) is 5.15. The Kier molecular flexibility index (Phi) is 5.88. The van der Waals surface area contributed by atoms with Crippen LogP contribution in [0.15, 0.2) is 0 Å². The number of ether oxygens (including phenoxy) is 2. The van der Waals surface area contributed by atoms with Crippen LogP contribution in [0, 0.1) is 0 Å². The van der Waals surface area contributed by atoms with E-state index in [1.165, 1.54) is 12.8 Å². The van der Waals surface area contributed by atoms with E-state index in [9.17, 15) is 4.79 Å². The van der Waals surface area contributed by atoms with Crippen LogP contribution in [0.4, 0.5) is 4.79 Å². The average molecular weight is 271 g/mol. The lowest BCUT2D eigenvalue weighted by molar-refractivity contribution is 0.0559. The molecule has 6 heteroatoms. The molecule has 1 atom stereocenters. The zero-order chi connectivity index (χ0) is 13.5. The lowest BCUT2D eigenvalue weighted by atomic mass is 10.2. The molecule has 0 aromatic heterocycles. The van der Waals surface area contributed by atoms with E-state index >= 15 is 0 Å². The van der Waals surface area contributed by atoms with E-state index in [2.05, 4.69) is 10.2 Å². The summed E-state index contributed by atoms with van der Waals surface area (Å²) in [5.74, 6) is 0. The number of hydrogen-bond acceptors (Lipinski definition) is 4. The number of carbonyl (C=O) groups is 1. The van der Waals surface area contributed by atoms with Crippen molar-refractivity contribution in [1.82, 2.24) is 15.1 Å². The lowest BCUT2D eigenvalue weighted by Crippen LogP contribution is -2.53. The van der Waals surface area contributed by atoms with Crippen molar-refractivity contribution < 1.29 is 14.3 Å². The summed E-state index contributed by atoms with van der Waals surface area (Å²) in [5.41, 5.74) is 0. The van der Waals surface area contributed by atoms with Gasteiger partial charge in [-0.15, -0.1) is 0 Å². The van der Waals surface area contributed by atoms with Crippen molar-refractivity contribution in [3.63, 3.8) is 0 Å². The molecule has 0 radical (unpaired) electrons.